The van der Waals surface area contributed by atoms with Gasteiger partial charge in [-0.05, 0) is 36.8 Å². The second-order valence-electron chi connectivity index (χ2n) is 5.91. The molecule has 2 aromatic rings. The second kappa shape index (κ2) is 6.73. The van der Waals surface area contributed by atoms with Crippen LogP contribution < -0.4 is 4.90 Å². The number of nitrogens with zero attached hydrogens (tertiary/aromatic N) is 4. The highest BCUT2D eigenvalue weighted by atomic mass is 16.3. The van der Waals surface area contributed by atoms with E-state index in [-0.39, 0.29) is 11.7 Å². The van der Waals surface area contributed by atoms with Gasteiger partial charge in [-0.1, -0.05) is 0 Å². The molecule has 6 nitrogen and oxygen atoms in total. The number of phenolic OH excluding ortho intramolecular Hbond substituents is 1. The minimum Gasteiger partial charge on any atom is -0.508 e. The Hall–Kier alpha value is -2.50. The molecule has 0 radical (unpaired) electrons. The number of phenols is 1. The van der Waals surface area contributed by atoms with E-state index in [1.54, 1.807) is 18.3 Å². The molecule has 6 heteroatoms. The van der Waals surface area contributed by atoms with Crippen molar-refractivity contribution in [3.63, 3.8) is 0 Å². The molecule has 23 heavy (non-hydrogen) atoms. The van der Waals surface area contributed by atoms with Gasteiger partial charge in [0, 0.05) is 51.0 Å². The van der Waals surface area contributed by atoms with Crippen LogP contribution in [0.2, 0.25) is 0 Å². The molecule has 1 aromatic carbocycles. The van der Waals surface area contributed by atoms with Crippen molar-refractivity contribution in [3.05, 3.63) is 42.2 Å². The van der Waals surface area contributed by atoms with Crippen LogP contribution >= 0.6 is 0 Å². The highest BCUT2D eigenvalue weighted by molar-refractivity contribution is 5.76. The molecule has 122 valence electrons. The van der Waals surface area contributed by atoms with E-state index < -0.39 is 0 Å². The van der Waals surface area contributed by atoms with Crippen LogP contribution in [0.4, 0.5) is 5.69 Å². The summed E-state index contributed by atoms with van der Waals surface area (Å²) in [7, 11) is 0. The lowest BCUT2D eigenvalue weighted by atomic mass is 10.2. The number of amides is 1. The summed E-state index contributed by atoms with van der Waals surface area (Å²) in [5.41, 5.74) is 2.20. The van der Waals surface area contributed by atoms with Gasteiger partial charge in [-0.2, -0.15) is 5.10 Å². The van der Waals surface area contributed by atoms with Crippen LogP contribution in [0, 0.1) is 6.92 Å². The lowest BCUT2D eigenvalue weighted by molar-refractivity contribution is -0.131. The Balaban J connectivity index is 1.48. The smallest absolute Gasteiger partial charge is 0.224 e. The van der Waals surface area contributed by atoms with Gasteiger partial charge in [0.1, 0.15) is 5.75 Å². The number of anilines is 1. The first-order valence-electron chi connectivity index (χ1n) is 7.92. The number of rotatable bonds is 4. The molecule has 1 aromatic heterocycles. The average Bonchev–Trinajstić information content (AvgIpc) is 2.99. The molecule has 0 saturated carbocycles. The van der Waals surface area contributed by atoms with Crippen molar-refractivity contribution >= 4 is 11.6 Å². The minimum atomic E-state index is 0.184. The predicted molar refractivity (Wildman–Crippen MR) is 88.5 cm³/mol. The monoisotopic (exact) mass is 314 g/mol. The van der Waals surface area contributed by atoms with Crippen LogP contribution in [-0.2, 0) is 11.3 Å². The standard InChI is InChI=1S/C17H22N4O2/c1-14-12-18-21(13-14)7-6-17(23)20-10-8-19(9-11-20)15-2-4-16(22)5-3-15/h2-5,12-13,22H,6-11H2,1H3. The van der Waals surface area contributed by atoms with Crippen molar-refractivity contribution in [3.8, 4) is 5.75 Å². The van der Waals surface area contributed by atoms with E-state index >= 15 is 0 Å². The molecule has 1 aliphatic heterocycles. The minimum absolute atomic E-state index is 0.184. The Kier molecular flexibility index (Phi) is 4.50. The molecule has 1 N–H and O–H groups in total. The van der Waals surface area contributed by atoms with Gasteiger partial charge >= 0.3 is 0 Å². The van der Waals surface area contributed by atoms with Crippen molar-refractivity contribution in [1.29, 1.82) is 0 Å². The molecule has 1 saturated heterocycles. The van der Waals surface area contributed by atoms with Crippen molar-refractivity contribution in [2.45, 2.75) is 19.9 Å². The molecular weight excluding hydrogens is 292 g/mol. The first-order valence-corrected chi connectivity index (χ1v) is 7.92. The van der Waals surface area contributed by atoms with Crippen LogP contribution in [-0.4, -0.2) is 51.9 Å². The molecule has 2 heterocycles. The molecule has 1 aliphatic rings. The van der Waals surface area contributed by atoms with Gasteiger partial charge in [0.15, 0.2) is 0 Å². The zero-order valence-electron chi connectivity index (χ0n) is 13.4. The zero-order chi connectivity index (χ0) is 16.2. The summed E-state index contributed by atoms with van der Waals surface area (Å²) in [4.78, 5) is 16.5. The first kappa shape index (κ1) is 15.4. The lowest BCUT2D eigenvalue weighted by Crippen LogP contribution is -2.48. The Morgan fingerprint density at radius 3 is 2.48 bits per heavy atom. The summed E-state index contributed by atoms with van der Waals surface area (Å²) < 4.78 is 1.82. The maximum absolute atomic E-state index is 12.3. The van der Waals surface area contributed by atoms with E-state index in [2.05, 4.69) is 10.00 Å². The molecule has 0 spiro atoms. The van der Waals surface area contributed by atoms with Crippen molar-refractivity contribution in [2.24, 2.45) is 0 Å². The molecule has 0 atom stereocenters. The van der Waals surface area contributed by atoms with Crippen LogP contribution in [0.15, 0.2) is 36.7 Å². The number of hydrogen-bond donors (Lipinski definition) is 1. The second-order valence-corrected chi connectivity index (χ2v) is 5.91. The molecule has 0 bridgehead atoms. The fourth-order valence-corrected chi connectivity index (χ4v) is 2.84. The molecule has 0 unspecified atom stereocenters. The van der Waals surface area contributed by atoms with Gasteiger partial charge < -0.3 is 14.9 Å². The summed E-state index contributed by atoms with van der Waals surface area (Å²) in [6.45, 7) is 5.73. The van der Waals surface area contributed by atoms with Crippen molar-refractivity contribution in [2.75, 3.05) is 31.1 Å². The predicted octanol–water partition coefficient (Wildman–Crippen LogP) is 1.64. The number of aryl methyl sites for hydroxylation is 2. The van der Waals surface area contributed by atoms with Crippen molar-refractivity contribution in [1.82, 2.24) is 14.7 Å². The summed E-state index contributed by atoms with van der Waals surface area (Å²) in [6.07, 6.45) is 4.25. The fourth-order valence-electron chi connectivity index (χ4n) is 2.84. The summed E-state index contributed by atoms with van der Waals surface area (Å²) in [5, 5.41) is 13.6. The third kappa shape index (κ3) is 3.83. The molecule has 1 amide bonds. The number of piperazine rings is 1. The summed E-state index contributed by atoms with van der Waals surface area (Å²) >= 11 is 0. The van der Waals surface area contributed by atoms with Gasteiger partial charge in [-0.25, -0.2) is 0 Å². The third-order valence-corrected chi connectivity index (χ3v) is 4.16. The Labute approximate surface area is 135 Å². The van der Waals surface area contributed by atoms with E-state index in [0.29, 0.717) is 13.0 Å². The van der Waals surface area contributed by atoms with E-state index in [1.807, 2.05) is 34.8 Å². The van der Waals surface area contributed by atoms with Gasteiger partial charge in [-0.3, -0.25) is 9.48 Å². The maximum Gasteiger partial charge on any atom is 0.224 e. The van der Waals surface area contributed by atoms with Crippen molar-refractivity contribution < 1.29 is 9.90 Å². The Morgan fingerprint density at radius 1 is 1.17 bits per heavy atom. The number of hydrogen-bond acceptors (Lipinski definition) is 4. The number of carbonyl (C=O) groups is 1. The average molecular weight is 314 g/mol. The van der Waals surface area contributed by atoms with Crippen LogP contribution in [0.25, 0.3) is 0 Å². The number of carbonyl (C=O) groups excluding carboxylic acids is 1. The van der Waals surface area contributed by atoms with Crippen LogP contribution in [0.1, 0.15) is 12.0 Å². The fraction of sp³-hybridized carbons (Fsp3) is 0.412. The van der Waals surface area contributed by atoms with Gasteiger partial charge in [0.25, 0.3) is 0 Å². The Bertz CT molecular complexity index is 657. The third-order valence-electron chi connectivity index (χ3n) is 4.16. The number of aromatic hydroxyl groups is 1. The normalized spacial score (nSPS) is 15.0. The van der Waals surface area contributed by atoms with Gasteiger partial charge in [0.05, 0.1) is 6.20 Å². The molecular formula is C17H22N4O2. The zero-order valence-corrected chi connectivity index (χ0v) is 13.4. The molecule has 1 fully saturated rings. The maximum atomic E-state index is 12.3. The topological polar surface area (TPSA) is 61.6 Å². The van der Waals surface area contributed by atoms with Crippen LogP contribution in [0.3, 0.4) is 0 Å². The van der Waals surface area contributed by atoms with E-state index in [9.17, 15) is 9.90 Å². The summed E-state index contributed by atoms with van der Waals surface area (Å²) in [5.74, 6) is 0.458. The summed E-state index contributed by atoms with van der Waals surface area (Å²) in [6, 6.07) is 7.21. The highest BCUT2D eigenvalue weighted by Gasteiger charge is 2.21. The quantitative estimate of drug-likeness (QED) is 0.932. The number of aromatic nitrogens is 2. The molecule has 0 aliphatic carbocycles. The molecule has 3 rings (SSSR count). The van der Waals surface area contributed by atoms with Gasteiger partial charge in [-0.15, -0.1) is 0 Å². The first-order chi connectivity index (χ1) is 11.1. The van der Waals surface area contributed by atoms with E-state index in [1.165, 1.54) is 0 Å². The Morgan fingerprint density at radius 2 is 1.87 bits per heavy atom. The number of benzene rings is 1. The van der Waals surface area contributed by atoms with E-state index in [4.69, 9.17) is 0 Å². The van der Waals surface area contributed by atoms with Crippen LogP contribution in [0.5, 0.6) is 5.75 Å². The SMILES string of the molecule is Cc1cnn(CCC(=O)N2CCN(c3ccc(O)cc3)CC2)c1. The lowest BCUT2D eigenvalue weighted by Gasteiger charge is -2.36. The van der Waals surface area contributed by atoms with E-state index in [0.717, 1.165) is 37.4 Å². The highest BCUT2D eigenvalue weighted by Crippen LogP contribution is 2.20. The largest absolute Gasteiger partial charge is 0.508 e. The van der Waals surface area contributed by atoms with Gasteiger partial charge in [0.2, 0.25) is 5.91 Å².